The Labute approximate surface area is 90.3 Å². The number of halogens is 1. The zero-order valence-corrected chi connectivity index (χ0v) is 8.96. The molecular formula is C10H16ClNO2. The molecule has 0 saturated heterocycles. The maximum atomic E-state index is 8.84. The molecule has 0 amide bonds. The van der Waals surface area contributed by atoms with E-state index < -0.39 is 0 Å². The number of nitrogens with two attached hydrogens (primary N) is 1. The van der Waals surface area contributed by atoms with Crippen LogP contribution in [0.1, 0.15) is 18.5 Å². The lowest BCUT2D eigenvalue weighted by Crippen LogP contribution is -2.14. The summed E-state index contributed by atoms with van der Waals surface area (Å²) in [4.78, 5) is 0. The minimum atomic E-state index is -0.319. The third kappa shape index (κ3) is 3.54. The van der Waals surface area contributed by atoms with E-state index in [1.807, 2.05) is 31.2 Å². The number of aliphatic hydroxyl groups is 1. The lowest BCUT2D eigenvalue weighted by atomic mass is 10.1. The van der Waals surface area contributed by atoms with E-state index in [4.69, 9.17) is 15.6 Å². The number of ether oxygens (including phenoxy) is 1. The van der Waals surface area contributed by atoms with Gasteiger partial charge in [-0.15, -0.1) is 12.4 Å². The van der Waals surface area contributed by atoms with Crippen LogP contribution < -0.4 is 10.5 Å². The summed E-state index contributed by atoms with van der Waals surface area (Å²) in [6, 6.07) is 7.15. The van der Waals surface area contributed by atoms with Crippen molar-refractivity contribution in [1.82, 2.24) is 0 Å². The molecule has 0 unspecified atom stereocenters. The molecule has 4 heteroatoms. The van der Waals surface area contributed by atoms with Crippen molar-refractivity contribution in [2.45, 2.75) is 13.0 Å². The molecule has 1 atom stereocenters. The third-order valence-electron chi connectivity index (χ3n) is 1.79. The van der Waals surface area contributed by atoms with Gasteiger partial charge < -0.3 is 15.6 Å². The Morgan fingerprint density at radius 1 is 1.50 bits per heavy atom. The van der Waals surface area contributed by atoms with E-state index >= 15 is 0 Å². The molecule has 0 bridgehead atoms. The molecule has 3 nitrogen and oxygen atoms in total. The first kappa shape index (κ1) is 13.2. The summed E-state index contributed by atoms with van der Waals surface area (Å²) in [6.45, 7) is 2.52. The fraction of sp³-hybridized carbons (Fsp3) is 0.400. The summed E-state index contributed by atoms with van der Waals surface area (Å²) in [6.07, 6.45) is 0. The standard InChI is InChI=1S/C10H15NO2.ClH/c1-2-13-9-5-3-4-8(6-9)10(11)7-12;/h3-6,10,12H,2,7,11H2,1H3;1H/t10-;/m1./s1. The molecule has 0 heterocycles. The van der Waals surface area contributed by atoms with E-state index in [2.05, 4.69) is 0 Å². The molecular weight excluding hydrogens is 202 g/mol. The van der Waals surface area contributed by atoms with Crippen molar-refractivity contribution >= 4 is 12.4 Å². The second kappa shape index (κ2) is 6.65. The van der Waals surface area contributed by atoms with Crippen LogP contribution in [0.5, 0.6) is 5.75 Å². The van der Waals surface area contributed by atoms with Crippen LogP contribution in [0.4, 0.5) is 0 Å². The second-order valence-corrected chi connectivity index (χ2v) is 2.79. The van der Waals surface area contributed by atoms with E-state index in [-0.39, 0.29) is 25.1 Å². The van der Waals surface area contributed by atoms with Gasteiger partial charge in [0, 0.05) is 0 Å². The summed E-state index contributed by atoms with van der Waals surface area (Å²) in [5.41, 5.74) is 6.55. The van der Waals surface area contributed by atoms with Crippen molar-refractivity contribution in [2.75, 3.05) is 13.2 Å². The van der Waals surface area contributed by atoms with Crippen LogP contribution in [0.2, 0.25) is 0 Å². The number of hydrogen-bond acceptors (Lipinski definition) is 3. The molecule has 3 N–H and O–H groups in total. The largest absolute Gasteiger partial charge is 0.494 e. The van der Waals surface area contributed by atoms with Crippen molar-refractivity contribution in [3.05, 3.63) is 29.8 Å². The van der Waals surface area contributed by atoms with E-state index in [1.54, 1.807) is 0 Å². The monoisotopic (exact) mass is 217 g/mol. The van der Waals surface area contributed by atoms with E-state index in [9.17, 15) is 0 Å². The quantitative estimate of drug-likeness (QED) is 0.804. The Bertz CT molecular complexity index is 268. The highest BCUT2D eigenvalue weighted by Gasteiger charge is 2.04. The molecule has 0 radical (unpaired) electrons. The molecule has 0 aromatic heterocycles. The Hall–Kier alpha value is -0.770. The Morgan fingerprint density at radius 2 is 2.21 bits per heavy atom. The van der Waals surface area contributed by atoms with E-state index in [1.165, 1.54) is 0 Å². The first-order valence-corrected chi connectivity index (χ1v) is 4.37. The van der Waals surface area contributed by atoms with Gasteiger partial charge in [0.1, 0.15) is 5.75 Å². The SMILES string of the molecule is CCOc1cccc([C@H](N)CO)c1.Cl. The normalized spacial score (nSPS) is 11.6. The molecule has 0 spiro atoms. The Balaban J connectivity index is 0.00000169. The lowest BCUT2D eigenvalue weighted by molar-refractivity contribution is 0.267. The molecule has 14 heavy (non-hydrogen) atoms. The van der Waals surface area contributed by atoms with Crippen molar-refractivity contribution in [1.29, 1.82) is 0 Å². The van der Waals surface area contributed by atoms with Crippen LogP contribution in [-0.4, -0.2) is 18.3 Å². The molecule has 1 rings (SSSR count). The summed E-state index contributed by atoms with van der Waals surface area (Å²) >= 11 is 0. The summed E-state index contributed by atoms with van der Waals surface area (Å²) in [5, 5.41) is 8.84. The smallest absolute Gasteiger partial charge is 0.119 e. The summed E-state index contributed by atoms with van der Waals surface area (Å²) < 4.78 is 5.30. The first-order chi connectivity index (χ1) is 6.27. The number of aliphatic hydroxyl groups excluding tert-OH is 1. The van der Waals surface area contributed by atoms with Gasteiger partial charge in [0.05, 0.1) is 19.3 Å². The highest BCUT2D eigenvalue weighted by atomic mass is 35.5. The predicted octanol–water partition coefficient (Wildman–Crippen LogP) is 1.50. The molecule has 1 aromatic rings. The van der Waals surface area contributed by atoms with Gasteiger partial charge >= 0.3 is 0 Å². The molecule has 1 aromatic carbocycles. The van der Waals surface area contributed by atoms with Gasteiger partial charge in [-0.2, -0.15) is 0 Å². The highest BCUT2D eigenvalue weighted by molar-refractivity contribution is 5.85. The van der Waals surface area contributed by atoms with Crippen LogP contribution in [0.25, 0.3) is 0 Å². The maximum Gasteiger partial charge on any atom is 0.119 e. The number of hydrogen-bond donors (Lipinski definition) is 2. The molecule has 0 aliphatic heterocycles. The van der Waals surface area contributed by atoms with E-state index in [0.29, 0.717) is 6.61 Å². The molecule has 0 aliphatic rings. The summed E-state index contributed by atoms with van der Waals surface area (Å²) in [7, 11) is 0. The topological polar surface area (TPSA) is 55.5 Å². The van der Waals surface area contributed by atoms with Gasteiger partial charge in [-0.05, 0) is 24.6 Å². The number of rotatable bonds is 4. The van der Waals surface area contributed by atoms with Crippen molar-refractivity contribution in [2.24, 2.45) is 5.73 Å². The zero-order valence-electron chi connectivity index (χ0n) is 8.14. The lowest BCUT2D eigenvalue weighted by Gasteiger charge is -2.10. The van der Waals surface area contributed by atoms with E-state index in [0.717, 1.165) is 11.3 Å². The van der Waals surface area contributed by atoms with Crippen molar-refractivity contribution in [3.63, 3.8) is 0 Å². The highest BCUT2D eigenvalue weighted by Crippen LogP contribution is 2.17. The minimum absolute atomic E-state index is 0. The Morgan fingerprint density at radius 3 is 2.79 bits per heavy atom. The molecule has 80 valence electrons. The Kier molecular flexibility index (Phi) is 6.28. The minimum Gasteiger partial charge on any atom is -0.494 e. The van der Waals surface area contributed by atoms with Crippen molar-refractivity contribution < 1.29 is 9.84 Å². The van der Waals surface area contributed by atoms with Crippen LogP contribution in [0.15, 0.2) is 24.3 Å². The molecule has 0 fully saturated rings. The molecule has 0 saturated carbocycles. The van der Waals surface area contributed by atoms with Crippen LogP contribution in [-0.2, 0) is 0 Å². The average molecular weight is 218 g/mol. The first-order valence-electron chi connectivity index (χ1n) is 4.37. The predicted molar refractivity (Wildman–Crippen MR) is 58.9 cm³/mol. The fourth-order valence-corrected chi connectivity index (χ4v) is 1.11. The van der Waals surface area contributed by atoms with Crippen LogP contribution >= 0.6 is 12.4 Å². The maximum absolute atomic E-state index is 8.84. The zero-order chi connectivity index (χ0) is 9.68. The van der Waals surface area contributed by atoms with Gasteiger partial charge in [-0.1, -0.05) is 12.1 Å². The molecule has 0 aliphatic carbocycles. The van der Waals surface area contributed by atoms with Gasteiger partial charge in [0.15, 0.2) is 0 Å². The van der Waals surface area contributed by atoms with Crippen LogP contribution in [0.3, 0.4) is 0 Å². The third-order valence-corrected chi connectivity index (χ3v) is 1.79. The van der Waals surface area contributed by atoms with Gasteiger partial charge in [-0.3, -0.25) is 0 Å². The van der Waals surface area contributed by atoms with Gasteiger partial charge in [-0.25, -0.2) is 0 Å². The second-order valence-electron chi connectivity index (χ2n) is 2.79. The summed E-state index contributed by atoms with van der Waals surface area (Å²) in [5.74, 6) is 0.795. The average Bonchev–Trinajstić information content (AvgIpc) is 2.18. The number of benzene rings is 1. The fourth-order valence-electron chi connectivity index (χ4n) is 1.11. The van der Waals surface area contributed by atoms with Gasteiger partial charge in [0.25, 0.3) is 0 Å². The van der Waals surface area contributed by atoms with Gasteiger partial charge in [0.2, 0.25) is 0 Å². The van der Waals surface area contributed by atoms with Crippen LogP contribution in [0, 0.1) is 0 Å². The van der Waals surface area contributed by atoms with Crippen molar-refractivity contribution in [3.8, 4) is 5.75 Å².